The summed E-state index contributed by atoms with van der Waals surface area (Å²) in [6.07, 6.45) is 1.23. The van der Waals surface area contributed by atoms with Gasteiger partial charge in [0.05, 0.1) is 17.1 Å². The summed E-state index contributed by atoms with van der Waals surface area (Å²) in [5, 5.41) is 12.2. The normalized spacial score (nSPS) is 13.4. The highest BCUT2D eigenvalue weighted by atomic mass is 16.4. The smallest absolute Gasteiger partial charge is 0.339 e. The number of H-pyrrole nitrogens is 1. The molecule has 2 aromatic heterocycles. The Morgan fingerprint density at radius 1 is 1.30 bits per heavy atom. The first-order valence-electron chi connectivity index (χ1n) is 9.06. The molecular weight excluding hydrogens is 346 g/mol. The summed E-state index contributed by atoms with van der Waals surface area (Å²) in [5.41, 5.74) is 1.75. The van der Waals surface area contributed by atoms with Crippen LogP contribution in [0.3, 0.4) is 0 Å². The zero-order valence-corrected chi connectivity index (χ0v) is 15.6. The lowest BCUT2D eigenvalue weighted by atomic mass is 9.98. The van der Waals surface area contributed by atoms with Gasteiger partial charge in [-0.15, -0.1) is 0 Å². The molecule has 142 valence electrons. The number of para-hydroxylation sites is 2. The number of carboxylic acids is 1. The predicted molar refractivity (Wildman–Crippen MR) is 101 cm³/mol. The SMILES string of the molecule is CCc1oc(C(=O)NC(c2nc3ccccc3[nH]2)C(C)CC)cc1C(=O)O. The van der Waals surface area contributed by atoms with Crippen LogP contribution in [0.1, 0.15) is 65.7 Å². The van der Waals surface area contributed by atoms with Crippen LogP contribution in [0, 0.1) is 5.92 Å². The van der Waals surface area contributed by atoms with Gasteiger partial charge in [0.2, 0.25) is 0 Å². The average Bonchev–Trinajstić information content (AvgIpc) is 3.29. The third-order valence-corrected chi connectivity index (χ3v) is 4.79. The molecule has 3 aromatic rings. The highest BCUT2D eigenvalue weighted by Crippen LogP contribution is 2.26. The summed E-state index contributed by atoms with van der Waals surface area (Å²) >= 11 is 0. The molecule has 0 saturated heterocycles. The minimum atomic E-state index is -1.11. The van der Waals surface area contributed by atoms with Crippen molar-refractivity contribution < 1.29 is 19.1 Å². The number of imidazole rings is 1. The van der Waals surface area contributed by atoms with E-state index in [1.54, 1.807) is 6.92 Å². The molecule has 0 radical (unpaired) electrons. The van der Waals surface area contributed by atoms with Crippen LogP contribution >= 0.6 is 0 Å². The van der Waals surface area contributed by atoms with E-state index in [1.165, 1.54) is 6.07 Å². The number of nitrogens with zero attached hydrogens (tertiary/aromatic N) is 1. The van der Waals surface area contributed by atoms with Crippen molar-refractivity contribution in [1.82, 2.24) is 15.3 Å². The molecule has 0 fully saturated rings. The zero-order chi connectivity index (χ0) is 19.6. The van der Waals surface area contributed by atoms with Gasteiger partial charge in [0.25, 0.3) is 5.91 Å². The summed E-state index contributed by atoms with van der Waals surface area (Å²) < 4.78 is 5.47. The maximum Gasteiger partial charge on any atom is 0.339 e. The lowest BCUT2D eigenvalue weighted by Gasteiger charge is -2.21. The number of fused-ring (bicyclic) bond motifs is 1. The fraction of sp³-hybridized carbons (Fsp3) is 0.350. The summed E-state index contributed by atoms with van der Waals surface area (Å²) in [6.45, 7) is 5.85. The molecule has 0 spiro atoms. The Hall–Kier alpha value is -3.09. The molecule has 3 rings (SSSR count). The van der Waals surface area contributed by atoms with E-state index in [2.05, 4.69) is 15.3 Å². The fourth-order valence-electron chi connectivity index (χ4n) is 3.03. The lowest BCUT2D eigenvalue weighted by Crippen LogP contribution is -2.33. The summed E-state index contributed by atoms with van der Waals surface area (Å²) in [7, 11) is 0. The van der Waals surface area contributed by atoms with Crippen molar-refractivity contribution in [2.75, 3.05) is 0 Å². The molecule has 0 aliphatic heterocycles. The number of amides is 1. The van der Waals surface area contributed by atoms with Crippen molar-refractivity contribution in [3.63, 3.8) is 0 Å². The number of furan rings is 1. The first-order valence-corrected chi connectivity index (χ1v) is 9.06. The van der Waals surface area contributed by atoms with Crippen molar-refractivity contribution in [1.29, 1.82) is 0 Å². The fourth-order valence-corrected chi connectivity index (χ4v) is 3.03. The number of aryl methyl sites for hydroxylation is 1. The van der Waals surface area contributed by atoms with Gasteiger partial charge in [-0.1, -0.05) is 39.3 Å². The molecule has 1 aromatic carbocycles. The van der Waals surface area contributed by atoms with E-state index in [9.17, 15) is 14.7 Å². The Kier molecular flexibility index (Phi) is 5.30. The first kappa shape index (κ1) is 18.7. The van der Waals surface area contributed by atoms with E-state index >= 15 is 0 Å². The Morgan fingerprint density at radius 2 is 2.04 bits per heavy atom. The number of aromatic amines is 1. The van der Waals surface area contributed by atoms with Crippen LogP contribution in [-0.2, 0) is 6.42 Å². The second-order valence-electron chi connectivity index (χ2n) is 6.58. The second-order valence-corrected chi connectivity index (χ2v) is 6.58. The van der Waals surface area contributed by atoms with Crippen LogP contribution in [0.25, 0.3) is 11.0 Å². The van der Waals surface area contributed by atoms with Gasteiger partial charge in [-0.2, -0.15) is 0 Å². The Balaban J connectivity index is 1.90. The number of carbonyl (C=O) groups is 2. The van der Waals surface area contributed by atoms with E-state index in [0.717, 1.165) is 17.5 Å². The van der Waals surface area contributed by atoms with Crippen molar-refractivity contribution in [3.05, 3.63) is 53.2 Å². The summed E-state index contributed by atoms with van der Waals surface area (Å²) in [4.78, 5) is 31.9. The summed E-state index contributed by atoms with van der Waals surface area (Å²) in [6, 6.07) is 8.60. The number of aromatic nitrogens is 2. The molecule has 2 atom stereocenters. The molecule has 3 N–H and O–H groups in total. The van der Waals surface area contributed by atoms with Gasteiger partial charge in [-0.05, 0) is 18.1 Å². The van der Waals surface area contributed by atoms with Crippen LogP contribution in [0.4, 0.5) is 0 Å². The molecule has 0 bridgehead atoms. The Morgan fingerprint density at radius 3 is 2.63 bits per heavy atom. The maximum atomic E-state index is 12.7. The van der Waals surface area contributed by atoms with Crippen LogP contribution in [0.15, 0.2) is 34.7 Å². The van der Waals surface area contributed by atoms with E-state index in [-0.39, 0.29) is 29.0 Å². The van der Waals surface area contributed by atoms with Gasteiger partial charge in [-0.25, -0.2) is 9.78 Å². The van der Waals surface area contributed by atoms with E-state index in [0.29, 0.717) is 12.2 Å². The van der Waals surface area contributed by atoms with Gasteiger partial charge in [0, 0.05) is 12.5 Å². The van der Waals surface area contributed by atoms with E-state index in [1.807, 2.05) is 38.1 Å². The number of carbonyl (C=O) groups excluding carboxylic acids is 1. The standard InChI is InChI=1S/C20H23N3O4/c1-4-11(3)17(18-21-13-8-6-7-9-14(13)22-18)23-19(24)16-10-12(20(25)26)15(5-2)27-16/h6-11,17H,4-5H2,1-3H3,(H,21,22)(H,23,24)(H,25,26). The minimum absolute atomic E-state index is 0.00587. The van der Waals surface area contributed by atoms with Crippen LogP contribution in [0.2, 0.25) is 0 Å². The van der Waals surface area contributed by atoms with Crippen molar-refractivity contribution in [2.45, 2.75) is 39.7 Å². The van der Waals surface area contributed by atoms with Gasteiger partial charge in [0.1, 0.15) is 17.1 Å². The number of carboxylic acid groups (broad SMARTS) is 1. The number of aromatic carboxylic acids is 1. The molecule has 0 aliphatic carbocycles. The molecule has 2 unspecified atom stereocenters. The molecule has 7 heteroatoms. The number of nitrogens with one attached hydrogen (secondary N) is 2. The lowest BCUT2D eigenvalue weighted by molar-refractivity contribution is 0.0694. The highest BCUT2D eigenvalue weighted by molar-refractivity contribution is 5.96. The number of rotatable bonds is 7. The highest BCUT2D eigenvalue weighted by Gasteiger charge is 2.27. The van der Waals surface area contributed by atoms with Gasteiger partial charge in [0.15, 0.2) is 5.76 Å². The van der Waals surface area contributed by atoms with Crippen LogP contribution in [0.5, 0.6) is 0 Å². The largest absolute Gasteiger partial charge is 0.478 e. The molecule has 0 aliphatic rings. The van der Waals surface area contributed by atoms with Crippen molar-refractivity contribution in [3.8, 4) is 0 Å². The van der Waals surface area contributed by atoms with Gasteiger partial charge < -0.3 is 19.8 Å². The Labute approximate surface area is 156 Å². The monoisotopic (exact) mass is 369 g/mol. The molecular formula is C20H23N3O4. The molecule has 2 heterocycles. The van der Waals surface area contributed by atoms with E-state index < -0.39 is 11.9 Å². The van der Waals surface area contributed by atoms with Crippen LogP contribution < -0.4 is 5.32 Å². The van der Waals surface area contributed by atoms with E-state index in [4.69, 9.17) is 4.42 Å². The molecule has 27 heavy (non-hydrogen) atoms. The van der Waals surface area contributed by atoms with Crippen molar-refractivity contribution in [2.24, 2.45) is 5.92 Å². The summed E-state index contributed by atoms with van der Waals surface area (Å²) in [5.74, 6) is -0.493. The zero-order valence-electron chi connectivity index (χ0n) is 15.6. The van der Waals surface area contributed by atoms with Gasteiger partial charge in [-0.3, -0.25) is 4.79 Å². The minimum Gasteiger partial charge on any atom is -0.478 e. The number of benzene rings is 1. The average molecular weight is 369 g/mol. The molecule has 7 nitrogen and oxygen atoms in total. The quantitative estimate of drug-likeness (QED) is 0.585. The Bertz CT molecular complexity index is 940. The maximum absolute atomic E-state index is 12.7. The predicted octanol–water partition coefficient (Wildman–Crippen LogP) is 3.93. The molecule has 0 saturated carbocycles. The van der Waals surface area contributed by atoms with Crippen LogP contribution in [-0.4, -0.2) is 27.0 Å². The molecule has 1 amide bonds. The van der Waals surface area contributed by atoms with Gasteiger partial charge >= 0.3 is 5.97 Å². The first-order chi connectivity index (χ1) is 12.9. The number of hydrogen-bond donors (Lipinski definition) is 3. The third kappa shape index (κ3) is 3.72. The topological polar surface area (TPSA) is 108 Å². The third-order valence-electron chi connectivity index (χ3n) is 4.79. The number of hydrogen-bond acceptors (Lipinski definition) is 4. The van der Waals surface area contributed by atoms with Crippen molar-refractivity contribution >= 4 is 22.9 Å². The second kappa shape index (κ2) is 7.65.